The summed E-state index contributed by atoms with van der Waals surface area (Å²) in [4.78, 5) is 0. The van der Waals surface area contributed by atoms with Gasteiger partial charge in [-0.2, -0.15) is 0 Å². The van der Waals surface area contributed by atoms with E-state index in [1.165, 1.54) is 76.7 Å². The second-order valence-electron chi connectivity index (χ2n) is 12.6. The van der Waals surface area contributed by atoms with E-state index in [9.17, 15) is 0 Å². The zero-order chi connectivity index (χ0) is 32.0. The predicted octanol–water partition coefficient (Wildman–Crippen LogP) is 12.2. The molecule has 0 N–H and O–H groups in total. The normalized spacial score (nSPS) is 15.2. The highest BCUT2D eigenvalue weighted by molar-refractivity contribution is 6.21. The van der Waals surface area contributed by atoms with Crippen molar-refractivity contribution in [2.45, 2.75) is 19.4 Å². The van der Waals surface area contributed by atoms with Gasteiger partial charge in [0.1, 0.15) is 6.10 Å². The van der Waals surface area contributed by atoms with Gasteiger partial charge in [0.2, 0.25) is 0 Å². The summed E-state index contributed by atoms with van der Waals surface area (Å²) in [5.41, 5.74) is 11.0. The average Bonchev–Trinajstić information content (AvgIpc) is 3.49. The lowest BCUT2D eigenvalue weighted by molar-refractivity contribution is 0.116. The van der Waals surface area contributed by atoms with Crippen molar-refractivity contribution in [3.05, 3.63) is 169 Å². The fourth-order valence-electron chi connectivity index (χ4n) is 7.78. The van der Waals surface area contributed by atoms with Crippen LogP contribution in [0.1, 0.15) is 18.9 Å². The molecule has 0 bridgehead atoms. The van der Waals surface area contributed by atoms with E-state index in [0.717, 1.165) is 18.7 Å². The van der Waals surface area contributed by atoms with E-state index in [0.29, 0.717) is 0 Å². The summed E-state index contributed by atoms with van der Waals surface area (Å²) in [7, 11) is 0. The lowest BCUT2D eigenvalue weighted by Crippen LogP contribution is -2.16. The average molecular weight is 618 g/mol. The van der Waals surface area contributed by atoms with E-state index in [4.69, 9.17) is 4.74 Å². The molecule has 0 saturated heterocycles. The maximum absolute atomic E-state index is 6.08. The third-order valence-electron chi connectivity index (χ3n) is 9.94. The molecule has 230 valence electrons. The van der Waals surface area contributed by atoms with Crippen molar-refractivity contribution in [3.63, 3.8) is 0 Å². The Kier molecular flexibility index (Phi) is 7.03. The van der Waals surface area contributed by atoms with Gasteiger partial charge < -0.3 is 9.30 Å². The summed E-state index contributed by atoms with van der Waals surface area (Å²) in [6.45, 7) is 2.87. The lowest BCUT2D eigenvalue weighted by Gasteiger charge is -2.22. The van der Waals surface area contributed by atoms with Gasteiger partial charge in [-0.3, -0.25) is 0 Å². The van der Waals surface area contributed by atoms with Gasteiger partial charge in [0, 0.05) is 16.5 Å². The molecule has 9 rings (SSSR count). The van der Waals surface area contributed by atoms with Crippen LogP contribution < -0.4 is 0 Å². The summed E-state index contributed by atoms with van der Waals surface area (Å²) >= 11 is 0. The van der Waals surface area contributed by atoms with Crippen molar-refractivity contribution in [2.75, 3.05) is 6.61 Å². The number of para-hydroxylation sites is 2. The highest BCUT2D eigenvalue weighted by Gasteiger charge is 2.19. The van der Waals surface area contributed by atoms with Gasteiger partial charge in [0.25, 0.3) is 0 Å². The first-order valence-corrected chi connectivity index (χ1v) is 16.9. The molecule has 1 atom stereocenters. The fraction of sp³-hybridized carbons (Fsp3) is 0.0870. The summed E-state index contributed by atoms with van der Waals surface area (Å²) in [6.07, 6.45) is 7.58. The highest BCUT2D eigenvalue weighted by Crippen LogP contribution is 2.44. The van der Waals surface area contributed by atoms with Crippen LogP contribution in [0.15, 0.2) is 164 Å². The monoisotopic (exact) mass is 617 g/mol. The molecule has 0 saturated carbocycles. The van der Waals surface area contributed by atoms with E-state index >= 15 is 0 Å². The van der Waals surface area contributed by atoms with Crippen LogP contribution in [-0.2, 0) is 4.74 Å². The summed E-state index contributed by atoms with van der Waals surface area (Å²) < 4.78 is 8.46. The quantitative estimate of drug-likeness (QED) is 0.138. The van der Waals surface area contributed by atoms with Crippen LogP contribution in [0.5, 0.6) is 0 Å². The largest absolute Gasteiger partial charge is 0.369 e. The molecule has 0 fully saturated rings. The minimum atomic E-state index is 0.0110. The number of hydrogen-bond donors (Lipinski definition) is 0. The molecule has 1 unspecified atom stereocenters. The van der Waals surface area contributed by atoms with Gasteiger partial charge in [-0.15, -0.1) is 0 Å². The standard InChI is InChI=1S/C46H35NO/c1-2-35(44-21-11-12-30-48-44)31-22-24-32(25-23-31)45-38-15-3-5-17-40(38)46(41-18-6-4-16-39(41)45)33-26-28-34(29-27-33)47-42-19-9-7-13-36(42)37-14-8-10-20-43(37)47/h2-11,13-29,44H,12,30H2,1H3/b35-2-. The van der Waals surface area contributed by atoms with E-state index in [2.05, 4.69) is 175 Å². The molecule has 0 amide bonds. The zero-order valence-electron chi connectivity index (χ0n) is 26.9. The number of aromatic nitrogens is 1. The Labute approximate surface area is 280 Å². The Balaban J connectivity index is 1.18. The van der Waals surface area contributed by atoms with Gasteiger partial charge in [-0.25, -0.2) is 0 Å². The van der Waals surface area contributed by atoms with E-state index < -0.39 is 0 Å². The number of allylic oxidation sites excluding steroid dienone is 1. The van der Waals surface area contributed by atoms with Crippen LogP contribution in [-0.4, -0.2) is 17.3 Å². The minimum absolute atomic E-state index is 0.0110. The Morgan fingerprint density at radius 2 is 1.02 bits per heavy atom. The number of ether oxygens (including phenoxy) is 1. The van der Waals surface area contributed by atoms with Gasteiger partial charge in [0.05, 0.1) is 17.6 Å². The molecule has 0 aliphatic carbocycles. The van der Waals surface area contributed by atoms with Crippen molar-refractivity contribution in [1.29, 1.82) is 0 Å². The van der Waals surface area contributed by atoms with Gasteiger partial charge in [-0.1, -0.05) is 140 Å². The van der Waals surface area contributed by atoms with E-state index in [1.54, 1.807) is 0 Å². The molecule has 2 nitrogen and oxygen atoms in total. The molecule has 2 heteroatoms. The highest BCUT2D eigenvalue weighted by atomic mass is 16.5. The Hall–Kier alpha value is -5.70. The van der Waals surface area contributed by atoms with Gasteiger partial charge in [0.15, 0.2) is 0 Å². The van der Waals surface area contributed by atoms with Gasteiger partial charge >= 0.3 is 0 Å². The molecule has 0 radical (unpaired) electrons. The first-order chi connectivity index (χ1) is 23.8. The van der Waals surface area contributed by atoms with Crippen molar-refractivity contribution in [1.82, 2.24) is 4.57 Å². The van der Waals surface area contributed by atoms with Crippen molar-refractivity contribution >= 4 is 48.9 Å². The van der Waals surface area contributed by atoms with E-state index in [-0.39, 0.29) is 6.10 Å². The van der Waals surface area contributed by atoms with Crippen molar-refractivity contribution in [2.24, 2.45) is 0 Å². The van der Waals surface area contributed by atoms with Crippen LogP contribution in [0.3, 0.4) is 0 Å². The Bertz CT molecular complexity index is 2420. The number of benzene rings is 7. The smallest absolute Gasteiger partial charge is 0.101 e. The van der Waals surface area contributed by atoms with Crippen LogP contribution in [0, 0.1) is 0 Å². The molecule has 1 aliphatic rings. The molecule has 2 heterocycles. The summed E-state index contributed by atoms with van der Waals surface area (Å²) in [6, 6.07) is 53.3. The fourth-order valence-corrected chi connectivity index (χ4v) is 7.78. The molecule has 8 aromatic rings. The number of nitrogens with zero attached hydrogens (tertiary/aromatic N) is 1. The molecule has 7 aromatic carbocycles. The molecular weight excluding hydrogens is 583 g/mol. The number of fused-ring (bicyclic) bond motifs is 5. The first kappa shape index (κ1) is 28.5. The number of rotatable bonds is 5. The molecule has 48 heavy (non-hydrogen) atoms. The summed E-state index contributed by atoms with van der Waals surface area (Å²) in [5, 5.41) is 7.59. The van der Waals surface area contributed by atoms with Crippen LogP contribution in [0.25, 0.3) is 76.9 Å². The third kappa shape index (κ3) is 4.60. The zero-order valence-corrected chi connectivity index (χ0v) is 26.9. The van der Waals surface area contributed by atoms with Gasteiger partial charge in [-0.05, 0) is 92.5 Å². The summed E-state index contributed by atoms with van der Waals surface area (Å²) in [5.74, 6) is 0. The number of hydrogen-bond acceptors (Lipinski definition) is 1. The SMILES string of the molecule is C/C=C(/c1ccc(-c2c3ccccc3c(-c3ccc(-n4c5ccccc5c5ccccc54)cc3)c3ccccc23)cc1)C1C=CCCO1. The lowest BCUT2D eigenvalue weighted by atomic mass is 9.85. The molecule has 0 spiro atoms. The maximum Gasteiger partial charge on any atom is 0.101 e. The Morgan fingerprint density at radius 3 is 1.48 bits per heavy atom. The topological polar surface area (TPSA) is 14.2 Å². The van der Waals surface area contributed by atoms with E-state index in [1.807, 2.05) is 0 Å². The maximum atomic E-state index is 6.08. The van der Waals surface area contributed by atoms with Crippen LogP contribution in [0.2, 0.25) is 0 Å². The molecule has 1 aliphatic heterocycles. The molecular formula is C46H35NO. The van der Waals surface area contributed by atoms with Crippen molar-refractivity contribution in [3.8, 4) is 27.9 Å². The molecule has 1 aromatic heterocycles. The second kappa shape index (κ2) is 11.8. The Morgan fingerprint density at radius 1 is 0.562 bits per heavy atom. The minimum Gasteiger partial charge on any atom is -0.369 e. The van der Waals surface area contributed by atoms with Crippen LogP contribution >= 0.6 is 0 Å². The first-order valence-electron chi connectivity index (χ1n) is 16.9. The van der Waals surface area contributed by atoms with Crippen LogP contribution in [0.4, 0.5) is 0 Å². The second-order valence-corrected chi connectivity index (χ2v) is 12.6. The van der Waals surface area contributed by atoms with Crippen molar-refractivity contribution < 1.29 is 4.74 Å². The predicted molar refractivity (Wildman–Crippen MR) is 204 cm³/mol. The third-order valence-corrected chi connectivity index (χ3v) is 9.94.